The van der Waals surface area contributed by atoms with Gasteiger partial charge in [-0.1, -0.05) is 30.7 Å². The second-order valence-electron chi connectivity index (χ2n) is 2.51. The van der Waals surface area contributed by atoms with Gasteiger partial charge in [0.25, 0.3) is 0 Å². The molecule has 0 aromatic carbocycles. The van der Waals surface area contributed by atoms with Gasteiger partial charge in [-0.25, -0.2) is 0 Å². The maximum Gasteiger partial charge on any atom is 0.0142 e. The van der Waals surface area contributed by atoms with E-state index in [-0.39, 0.29) is 0 Å². The summed E-state index contributed by atoms with van der Waals surface area (Å²) in [6.07, 6.45) is 7.54. The van der Waals surface area contributed by atoms with Crippen molar-refractivity contribution in [1.82, 2.24) is 0 Å². The van der Waals surface area contributed by atoms with Crippen LogP contribution in [0.2, 0.25) is 0 Å². The maximum absolute atomic E-state index is 5.49. The number of allylic oxidation sites excluding steroid dienone is 3. The Morgan fingerprint density at radius 1 is 1.78 bits per heavy atom. The quantitative estimate of drug-likeness (QED) is 0.561. The summed E-state index contributed by atoms with van der Waals surface area (Å²) in [5.41, 5.74) is 6.86. The van der Waals surface area contributed by atoms with Crippen LogP contribution in [0.1, 0.15) is 13.3 Å². The van der Waals surface area contributed by atoms with Crippen LogP contribution in [0, 0.1) is 5.92 Å². The van der Waals surface area contributed by atoms with Gasteiger partial charge in [-0.2, -0.15) is 0 Å². The predicted molar refractivity (Wildman–Crippen MR) is 40.1 cm³/mol. The fourth-order valence-electron chi connectivity index (χ4n) is 1.06. The largest absolute Gasteiger partial charge is 0.327 e. The molecule has 0 saturated carbocycles. The van der Waals surface area contributed by atoms with Crippen molar-refractivity contribution < 1.29 is 0 Å². The third-order valence-electron chi connectivity index (χ3n) is 1.80. The zero-order chi connectivity index (χ0) is 6.69. The first-order valence-electron chi connectivity index (χ1n) is 3.40. The molecule has 0 fully saturated rings. The highest BCUT2D eigenvalue weighted by molar-refractivity contribution is 5.20. The van der Waals surface area contributed by atoms with Gasteiger partial charge in [0.05, 0.1) is 0 Å². The van der Waals surface area contributed by atoms with Gasteiger partial charge in [-0.05, 0) is 12.3 Å². The highest BCUT2D eigenvalue weighted by Gasteiger charge is 2.06. The van der Waals surface area contributed by atoms with Gasteiger partial charge in [0.1, 0.15) is 0 Å². The lowest BCUT2D eigenvalue weighted by Crippen LogP contribution is -2.11. The molecule has 1 unspecified atom stereocenters. The lowest BCUT2D eigenvalue weighted by atomic mass is 9.94. The van der Waals surface area contributed by atoms with E-state index < -0.39 is 0 Å². The van der Waals surface area contributed by atoms with Gasteiger partial charge < -0.3 is 5.73 Å². The predicted octanol–water partition coefficient (Wildman–Crippen LogP) is 1.47. The summed E-state index contributed by atoms with van der Waals surface area (Å²) < 4.78 is 0. The molecule has 0 saturated heterocycles. The first-order chi connectivity index (χ1) is 4.34. The van der Waals surface area contributed by atoms with E-state index >= 15 is 0 Å². The molecule has 1 heteroatoms. The molecule has 0 aliphatic heterocycles. The summed E-state index contributed by atoms with van der Waals surface area (Å²) in [4.78, 5) is 0. The Kier molecular flexibility index (Phi) is 2.06. The Balaban J connectivity index is 2.63. The van der Waals surface area contributed by atoms with Gasteiger partial charge >= 0.3 is 0 Å². The lowest BCUT2D eigenvalue weighted by Gasteiger charge is -2.14. The van der Waals surface area contributed by atoms with E-state index in [4.69, 9.17) is 5.73 Å². The minimum absolute atomic E-state index is 0.667. The molecule has 0 aromatic rings. The van der Waals surface area contributed by atoms with E-state index in [2.05, 4.69) is 25.2 Å². The first kappa shape index (κ1) is 6.56. The molecule has 0 heterocycles. The summed E-state index contributed by atoms with van der Waals surface area (Å²) in [5, 5.41) is 0. The lowest BCUT2D eigenvalue weighted by molar-refractivity contribution is 0.671. The van der Waals surface area contributed by atoms with Gasteiger partial charge in [0, 0.05) is 6.54 Å². The van der Waals surface area contributed by atoms with Crippen molar-refractivity contribution >= 4 is 0 Å². The highest BCUT2D eigenvalue weighted by atomic mass is 14.5. The second kappa shape index (κ2) is 2.83. The topological polar surface area (TPSA) is 26.0 Å². The zero-order valence-electron chi connectivity index (χ0n) is 5.80. The second-order valence-corrected chi connectivity index (χ2v) is 2.51. The minimum Gasteiger partial charge on any atom is -0.327 e. The third-order valence-corrected chi connectivity index (χ3v) is 1.80. The average molecular weight is 123 g/mol. The van der Waals surface area contributed by atoms with E-state index in [1.165, 1.54) is 5.57 Å². The normalized spacial score (nSPS) is 26.0. The van der Waals surface area contributed by atoms with Crippen LogP contribution < -0.4 is 5.73 Å². The van der Waals surface area contributed by atoms with Gasteiger partial charge in [0.2, 0.25) is 0 Å². The molecule has 1 rings (SSSR count). The van der Waals surface area contributed by atoms with E-state index in [9.17, 15) is 0 Å². The number of hydrogen-bond acceptors (Lipinski definition) is 1. The van der Waals surface area contributed by atoms with Gasteiger partial charge in [-0.15, -0.1) is 0 Å². The number of hydrogen-bond donors (Lipinski definition) is 1. The third kappa shape index (κ3) is 1.42. The van der Waals surface area contributed by atoms with Crippen LogP contribution in [0.25, 0.3) is 0 Å². The number of nitrogens with two attached hydrogens (primary N) is 1. The van der Waals surface area contributed by atoms with Gasteiger partial charge in [0.15, 0.2) is 0 Å². The Morgan fingerprint density at radius 2 is 2.56 bits per heavy atom. The van der Waals surface area contributed by atoms with E-state index in [0.29, 0.717) is 12.5 Å². The standard InChI is InChI=1S/C8H13N/c1-7-4-2-3-5-8(7)6-9/h2-3,5,7H,4,6,9H2,1H3. The fourth-order valence-corrected chi connectivity index (χ4v) is 1.06. The van der Waals surface area contributed by atoms with Crippen molar-refractivity contribution in [2.24, 2.45) is 11.7 Å². The molecule has 1 aliphatic rings. The average Bonchev–Trinajstić information content (AvgIpc) is 1.89. The van der Waals surface area contributed by atoms with Crippen LogP contribution in [-0.4, -0.2) is 6.54 Å². The molecule has 0 aromatic heterocycles. The minimum atomic E-state index is 0.667. The summed E-state index contributed by atoms with van der Waals surface area (Å²) in [7, 11) is 0. The van der Waals surface area contributed by atoms with Crippen LogP contribution >= 0.6 is 0 Å². The summed E-state index contributed by atoms with van der Waals surface area (Å²) in [5.74, 6) is 0.667. The molecule has 0 bridgehead atoms. The fraction of sp³-hybridized carbons (Fsp3) is 0.500. The SMILES string of the molecule is CC1CC=CC=C1CN. The first-order valence-corrected chi connectivity index (χ1v) is 3.40. The van der Waals surface area contributed by atoms with E-state index in [1.54, 1.807) is 0 Å². The monoisotopic (exact) mass is 123 g/mol. The highest BCUT2D eigenvalue weighted by Crippen LogP contribution is 2.17. The smallest absolute Gasteiger partial charge is 0.0142 e. The Bertz CT molecular complexity index is 145. The van der Waals surface area contributed by atoms with Crippen molar-refractivity contribution in [1.29, 1.82) is 0 Å². The Hall–Kier alpha value is -0.560. The summed E-state index contributed by atoms with van der Waals surface area (Å²) in [6, 6.07) is 0. The molecule has 1 atom stereocenters. The van der Waals surface area contributed by atoms with E-state index in [0.717, 1.165) is 6.42 Å². The van der Waals surface area contributed by atoms with Crippen LogP contribution in [0.5, 0.6) is 0 Å². The van der Waals surface area contributed by atoms with Crippen molar-refractivity contribution in [3.8, 4) is 0 Å². The van der Waals surface area contributed by atoms with E-state index in [1.807, 2.05) is 0 Å². The Morgan fingerprint density at radius 3 is 3.00 bits per heavy atom. The molecule has 0 spiro atoms. The maximum atomic E-state index is 5.49. The number of rotatable bonds is 1. The van der Waals surface area contributed by atoms with Crippen LogP contribution in [-0.2, 0) is 0 Å². The van der Waals surface area contributed by atoms with Crippen molar-refractivity contribution in [3.05, 3.63) is 23.8 Å². The molecule has 9 heavy (non-hydrogen) atoms. The molecule has 1 aliphatic carbocycles. The van der Waals surface area contributed by atoms with Gasteiger partial charge in [-0.3, -0.25) is 0 Å². The van der Waals surface area contributed by atoms with Crippen LogP contribution in [0.15, 0.2) is 23.8 Å². The van der Waals surface area contributed by atoms with Crippen molar-refractivity contribution in [2.45, 2.75) is 13.3 Å². The molecule has 50 valence electrons. The zero-order valence-corrected chi connectivity index (χ0v) is 5.80. The van der Waals surface area contributed by atoms with Crippen molar-refractivity contribution in [2.75, 3.05) is 6.54 Å². The molecular weight excluding hydrogens is 110 g/mol. The molecular formula is C8H13N. The molecule has 0 amide bonds. The molecule has 1 nitrogen and oxygen atoms in total. The molecule has 2 N–H and O–H groups in total. The summed E-state index contributed by atoms with van der Waals surface area (Å²) >= 11 is 0. The van der Waals surface area contributed by atoms with Crippen molar-refractivity contribution in [3.63, 3.8) is 0 Å². The Labute approximate surface area is 56.2 Å². The van der Waals surface area contributed by atoms with Crippen LogP contribution in [0.3, 0.4) is 0 Å². The molecule has 0 radical (unpaired) electrons. The summed E-state index contributed by atoms with van der Waals surface area (Å²) in [6.45, 7) is 2.92. The van der Waals surface area contributed by atoms with Crippen LogP contribution in [0.4, 0.5) is 0 Å².